The summed E-state index contributed by atoms with van der Waals surface area (Å²) in [7, 11) is 1.52. The summed E-state index contributed by atoms with van der Waals surface area (Å²) >= 11 is 7.20. The monoisotopic (exact) mass is 364 g/mol. The summed E-state index contributed by atoms with van der Waals surface area (Å²) in [5.41, 5.74) is 1.24. The minimum absolute atomic E-state index is 0.0937. The van der Waals surface area contributed by atoms with E-state index in [1.807, 2.05) is 6.92 Å². The third-order valence-electron chi connectivity index (χ3n) is 3.30. The molecule has 0 N–H and O–H groups in total. The average molecular weight is 365 g/mol. The van der Waals surface area contributed by atoms with Gasteiger partial charge in [0, 0.05) is 5.56 Å². The first-order chi connectivity index (χ1) is 11.6. The molecule has 3 aromatic rings. The lowest BCUT2D eigenvalue weighted by Gasteiger charge is -2.04. The fourth-order valence-electron chi connectivity index (χ4n) is 2.03. The summed E-state index contributed by atoms with van der Waals surface area (Å²) in [6, 6.07) is 6.66. The molecule has 2 heterocycles. The van der Waals surface area contributed by atoms with Crippen molar-refractivity contribution >= 4 is 29.1 Å². The number of aromatic nitrogens is 2. The van der Waals surface area contributed by atoms with Gasteiger partial charge in [-0.2, -0.15) is 0 Å². The van der Waals surface area contributed by atoms with Crippen LogP contribution in [0.25, 0.3) is 11.5 Å². The molecule has 0 spiro atoms. The first-order valence-electron chi connectivity index (χ1n) is 6.96. The van der Waals surface area contributed by atoms with Gasteiger partial charge in [-0.3, -0.25) is 4.79 Å². The lowest BCUT2D eigenvalue weighted by Crippen LogP contribution is -2.02. The molecule has 3 rings (SSSR count). The number of benzene rings is 1. The third kappa shape index (κ3) is 3.47. The van der Waals surface area contributed by atoms with Crippen LogP contribution in [0.15, 0.2) is 44.6 Å². The number of halogens is 1. The van der Waals surface area contributed by atoms with Gasteiger partial charge in [0.25, 0.3) is 11.1 Å². The smallest absolute Gasteiger partial charge is 0.277 e. The van der Waals surface area contributed by atoms with Crippen molar-refractivity contribution in [2.24, 2.45) is 0 Å². The van der Waals surface area contributed by atoms with Gasteiger partial charge in [-0.05, 0) is 31.2 Å². The topological polar surface area (TPSA) is 78.4 Å². The van der Waals surface area contributed by atoms with Crippen LogP contribution in [0.5, 0.6) is 5.75 Å². The van der Waals surface area contributed by atoms with Gasteiger partial charge in [0.1, 0.15) is 11.5 Å². The van der Waals surface area contributed by atoms with Crippen molar-refractivity contribution < 1.29 is 18.4 Å². The van der Waals surface area contributed by atoms with Crippen molar-refractivity contribution in [2.75, 3.05) is 12.9 Å². The Morgan fingerprint density at radius 1 is 1.33 bits per heavy atom. The van der Waals surface area contributed by atoms with Gasteiger partial charge in [0.05, 0.1) is 29.7 Å². The zero-order chi connectivity index (χ0) is 17.1. The molecule has 124 valence electrons. The van der Waals surface area contributed by atoms with Crippen LogP contribution in [0.4, 0.5) is 0 Å². The molecule has 8 heteroatoms. The normalized spacial score (nSPS) is 10.8. The quantitative estimate of drug-likeness (QED) is 0.477. The molecule has 24 heavy (non-hydrogen) atoms. The SMILES string of the molecule is COc1ccc(C(=O)CSc2nnc(-c3ccoc3C)o2)cc1Cl. The highest BCUT2D eigenvalue weighted by atomic mass is 35.5. The van der Waals surface area contributed by atoms with E-state index < -0.39 is 0 Å². The minimum atomic E-state index is -0.0937. The molecule has 6 nitrogen and oxygen atoms in total. The summed E-state index contributed by atoms with van der Waals surface area (Å²) < 4.78 is 15.8. The molecular formula is C16H13ClN2O4S. The Labute approximate surface area is 147 Å². The highest BCUT2D eigenvalue weighted by Crippen LogP contribution is 2.28. The molecule has 0 amide bonds. The zero-order valence-electron chi connectivity index (χ0n) is 12.9. The number of rotatable bonds is 6. The van der Waals surface area contributed by atoms with E-state index in [0.29, 0.717) is 33.2 Å². The Morgan fingerprint density at radius 3 is 2.83 bits per heavy atom. The van der Waals surface area contributed by atoms with Crippen LogP contribution in [0.3, 0.4) is 0 Å². The Kier molecular flexibility index (Phi) is 4.92. The molecule has 0 aliphatic heterocycles. The van der Waals surface area contributed by atoms with Gasteiger partial charge in [-0.15, -0.1) is 10.2 Å². The van der Waals surface area contributed by atoms with Gasteiger partial charge in [0.15, 0.2) is 5.78 Å². The molecule has 0 aliphatic carbocycles. The number of methoxy groups -OCH3 is 1. The second-order valence-corrected chi connectivity index (χ2v) is 6.16. The number of ether oxygens (including phenoxy) is 1. The van der Waals surface area contributed by atoms with E-state index in [1.165, 1.54) is 18.9 Å². The molecule has 0 fully saturated rings. The molecule has 0 radical (unpaired) electrons. The van der Waals surface area contributed by atoms with E-state index in [0.717, 1.165) is 5.56 Å². The van der Waals surface area contributed by atoms with Crippen LogP contribution in [0.2, 0.25) is 5.02 Å². The summed E-state index contributed by atoms with van der Waals surface area (Å²) in [5, 5.41) is 8.60. The Morgan fingerprint density at radius 2 is 2.17 bits per heavy atom. The molecule has 0 saturated heterocycles. The van der Waals surface area contributed by atoms with E-state index >= 15 is 0 Å². The van der Waals surface area contributed by atoms with E-state index in [1.54, 1.807) is 30.5 Å². The van der Waals surface area contributed by atoms with E-state index in [2.05, 4.69) is 10.2 Å². The van der Waals surface area contributed by atoms with Crippen LogP contribution in [-0.2, 0) is 0 Å². The predicted octanol–water partition coefficient (Wildman–Crippen LogP) is 4.28. The average Bonchev–Trinajstić information content (AvgIpc) is 3.21. The Hall–Kier alpha value is -2.25. The van der Waals surface area contributed by atoms with Crippen molar-refractivity contribution in [3.8, 4) is 17.2 Å². The maximum atomic E-state index is 12.2. The number of hydrogen-bond donors (Lipinski definition) is 0. The van der Waals surface area contributed by atoms with Crippen molar-refractivity contribution in [1.29, 1.82) is 0 Å². The molecule has 0 saturated carbocycles. The molecule has 2 aromatic heterocycles. The largest absolute Gasteiger partial charge is 0.495 e. The van der Waals surface area contributed by atoms with Crippen LogP contribution in [0.1, 0.15) is 16.1 Å². The zero-order valence-corrected chi connectivity index (χ0v) is 14.5. The van der Waals surface area contributed by atoms with Crippen molar-refractivity contribution in [3.05, 3.63) is 46.9 Å². The van der Waals surface area contributed by atoms with Crippen molar-refractivity contribution in [1.82, 2.24) is 10.2 Å². The molecular weight excluding hydrogens is 352 g/mol. The minimum Gasteiger partial charge on any atom is -0.495 e. The summed E-state index contributed by atoms with van der Waals surface area (Å²) in [6.45, 7) is 1.81. The maximum Gasteiger partial charge on any atom is 0.277 e. The summed E-state index contributed by atoms with van der Waals surface area (Å²) in [4.78, 5) is 12.2. The maximum absolute atomic E-state index is 12.2. The number of nitrogens with zero attached hydrogens (tertiary/aromatic N) is 2. The van der Waals surface area contributed by atoms with Crippen LogP contribution >= 0.6 is 23.4 Å². The number of furan rings is 1. The van der Waals surface area contributed by atoms with E-state index in [4.69, 9.17) is 25.2 Å². The molecule has 0 unspecified atom stereocenters. The van der Waals surface area contributed by atoms with Gasteiger partial charge in [0.2, 0.25) is 0 Å². The molecule has 0 aliphatic rings. The highest BCUT2D eigenvalue weighted by molar-refractivity contribution is 7.99. The number of aryl methyl sites for hydroxylation is 1. The van der Waals surface area contributed by atoms with Gasteiger partial charge in [-0.1, -0.05) is 23.4 Å². The van der Waals surface area contributed by atoms with Gasteiger partial charge in [-0.25, -0.2) is 0 Å². The second kappa shape index (κ2) is 7.11. The van der Waals surface area contributed by atoms with Crippen LogP contribution in [-0.4, -0.2) is 28.8 Å². The number of carbonyl (C=O) groups excluding carboxylic acids is 1. The molecule has 0 atom stereocenters. The second-order valence-electron chi connectivity index (χ2n) is 4.82. The van der Waals surface area contributed by atoms with E-state index in [9.17, 15) is 4.79 Å². The van der Waals surface area contributed by atoms with Gasteiger partial charge >= 0.3 is 0 Å². The molecule has 1 aromatic carbocycles. The lowest BCUT2D eigenvalue weighted by atomic mass is 10.1. The number of carbonyl (C=O) groups is 1. The molecule has 0 bridgehead atoms. The number of hydrogen-bond acceptors (Lipinski definition) is 7. The van der Waals surface area contributed by atoms with Crippen molar-refractivity contribution in [2.45, 2.75) is 12.1 Å². The highest BCUT2D eigenvalue weighted by Gasteiger charge is 2.15. The summed E-state index contributed by atoms with van der Waals surface area (Å²) in [6.07, 6.45) is 1.55. The fourth-order valence-corrected chi connectivity index (χ4v) is 2.95. The van der Waals surface area contributed by atoms with Gasteiger partial charge < -0.3 is 13.6 Å². The van der Waals surface area contributed by atoms with Crippen LogP contribution < -0.4 is 4.74 Å². The third-order valence-corrected chi connectivity index (χ3v) is 4.41. The first kappa shape index (κ1) is 16.6. The fraction of sp³-hybridized carbons (Fsp3) is 0.188. The Bertz CT molecular complexity index is 875. The standard InChI is InChI=1S/C16H13ClN2O4S/c1-9-11(5-6-22-9)15-18-19-16(23-15)24-8-13(20)10-3-4-14(21-2)12(17)7-10/h3-7H,8H2,1-2H3. The Balaban J connectivity index is 1.66. The lowest BCUT2D eigenvalue weighted by molar-refractivity contribution is 0.102. The number of ketones is 1. The number of Topliss-reactive ketones (excluding diaryl/α,β-unsaturated/α-hetero) is 1. The predicted molar refractivity (Wildman–Crippen MR) is 89.8 cm³/mol. The van der Waals surface area contributed by atoms with E-state index in [-0.39, 0.29) is 11.5 Å². The first-order valence-corrected chi connectivity index (χ1v) is 8.32. The number of thioether (sulfide) groups is 1. The van der Waals surface area contributed by atoms with Crippen LogP contribution in [0, 0.1) is 6.92 Å². The summed E-state index contributed by atoms with van der Waals surface area (Å²) in [5.74, 6) is 1.65. The van der Waals surface area contributed by atoms with Crippen molar-refractivity contribution in [3.63, 3.8) is 0 Å².